The van der Waals surface area contributed by atoms with E-state index in [1.165, 1.54) is 30.2 Å². The Kier molecular flexibility index (Phi) is 7.77. The van der Waals surface area contributed by atoms with Crippen LogP contribution in [0.25, 0.3) is 11.3 Å². The number of phenolic OH excluding ortho intramolecular Hbond substituents is 1. The number of hydrogen-bond acceptors (Lipinski definition) is 7. The highest BCUT2D eigenvalue weighted by Crippen LogP contribution is 2.31. The lowest BCUT2D eigenvalue weighted by Crippen LogP contribution is -2.17. The first-order valence-corrected chi connectivity index (χ1v) is 12.1. The number of methoxy groups -OCH3 is 1. The van der Waals surface area contributed by atoms with Gasteiger partial charge >= 0.3 is 0 Å². The number of anilines is 2. The van der Waals surface area contributed by atoms with E-state index in [0.29, 0.717) is 28.9 Å². The predicted molar refractivity (Wildman–Crippen MR) is 146 cm³/mol. The van der Waals surface area contributed by atoms with E-state index in [0.717, 1.165) is 22.1 Å². The smallest absolute Gasteiger partial charge is 0.271 e. The van der Waals surface area contributed by atoms with Crippen molar-refractivity contribution in [3.63, 3.8) is 0 Å². The maximum atomic E-state index is 12.5. The molecule has 182 valence electrons. The van der Waals surface area contributed by atoms with E-state index >= 15 is 0 Å². The van der Waals surface area contributed by atoms with Gasteiger partial charge in [-0.15, -0.1) is 17.9 Å². The van der Waals surface area contributed by atoms with Gasteiger partial charge in [0.15, 0.2) is 16.6 Å². The van der Waals surface area contributed by atoms with E-state index in [2.05, 4.69) is 34.3 Å². The monoisotopic (exact) mass is 498 g/mol. The molecular formula is C28H26N4O3S. The highest BCUT2D eigenvalue weighted by molar-refractivity contribution is 7.14. The summed E-state index contributed by atoms with van der Waals surface area (Å²) < 4.78 is 5.21. The molecule has 0 bridgehead atoms. The van der Waals surface area contributed by atoms with E-state index in [1.54, 1.807) is 30.3 Å². The Labute approximate surface area is 213 Å². The molecule has 0 saturated carbocycles. The molecule has 0 radical (unpaired) electrons. The maximum absolute atomic E-state index is 12.5. The number of allylic oxidation sites excluding steroid dienone is 1. The quantitative estimate of drug-likeness (QED) is 0.148. The van der Waals surface area contributed by atoms with Crippen molar-refractivity contribution in [3.8, 4) is 22.8 Å². The summed E-state index contributed by atoms with van der Waals surface area (Å²) in [6.07, 6.45) is 3.66. The molecule has 1 aromatic heterocycles. The Bertz CT molecular complexity index is 1390. The summed E-state index contributed by atoms with van der Waals surface area (Å²) in [5.74, 6) is 0.0590. The SMILES string of the molecule is C=CCc1cc(/C=N\NC(=O)c2ccc(-c3csc(Nc4ccc(C)cc4)n3)cc2)cc(OC)c1O. The Morgan fingerprint density at radius 3 is 2.61 bits per heavy atom. The van der Waals surface area contributed by atoms with Crippen LogP contribution < -0.4 is 15.5 Å². The Morgan fingerprint density at radius 2 is 1.92 bits per heavy atom. The third-order valence-electron chi connectivity index (χ3n) is 5.39. The normalized spacial score (nSPS) is 10.8. The molecule has 0 saturated heterocycles. The number of aryl methyl sites for hydroxylation is 1. The van der Waals surface area contributed by atoms with Crippen molar-refractivity contribution in [1.82, 2.24) is 10.4 Å². The lowest BCUT2D eigenvalue weighted by atomic mass is 10.1. The van der Waals surface area contributed by atoms with Gasteiger partial charge in [-0.05, 0) is 55.3 Å². The van der Waals surface area contributed by atoms with Crippen molar-refractivity contribution in [2.45, 2.75) is 13.3 Å². The van der Waals surface area contributed by atoms with Crippen LogP contribution in [0.4, 0.5) is 10.8 Å². The molecule has 1 heterocycles. The topological polar surface area (TPSA) is 95.8 Å². The number of ether oxygens (including phenoxy) is 1. The van der Waals surface area contributed by atoms with Crippen LogP contribution in [0.15, 0.2) is 83.8 Å². The summed E-state index contributed by atoms with van der Waals surface area (Å²) in [6, 6.07) is 18.7. The lowest BCUT2D eigenvalue weighted by molar-refractivity contribution is 0.0955. The summed E-state index contributed by atoms with van der Waals surface area (Å²) >= 11 is 1.52. The van der Waals surface area contributed by atoms with E-state index in [-0.39, 0.29) is 11.7 Å². The maximum Gasteiger partial charge on any atom is 0.271 e. The molecule has 8 heteroatoms. The first kappa shape index (κ1) is 24.7. The van der Waals surface area contributed by atoms with Crippen molar-refractivity contribution < 1.29 is 14.6 Å². The number of carbonyl (C=O) groups is 1. The van der Waals surface area contributed by atoms with Crippen LogP contribution in [0.1, 0.15) is 27.0 Å². The van der Waals surface area contributed by atoms with Gasteiger partial charge in [-0.2, -0.15) is 5.10 Å². The first-order chi connectivity index (χ1) is 17.5. The van der Waals surface area contributed by atoms with Gasteiger partial charge in [0.05, 0.1) is 19.0 Å². The third-order valence-corrected chi connectivity index (χ3v) is 6.15. The number of nitrogens with one attached hydrogen (secondary N) is 2. The molecule has 0 aliphatic heterocycles. The van der Waals surface area contributed by atoms with Crippen LogP contribution in [0.2, 0.25) is 0 Å². The second-order valence-electron chi connectivity index (χ2n) is 8.03. The summed E-state index contributed by atoms with van der Waals surface area (Å²) in [5, 5.41) is 20.3. The second kappa shape index (κ2) is 11.3. The van der Waals surface area contributed by atoms with Crippen molar-refractivity contribution in [2.24, 2.45) is 5.10 Å². The minimum absolute atomic E-state index is 0.0665. The summed E-state index contributed by atoms with van der Waals surface area (Å²) in [4.78, 5) is 17.2. The third kappa shape index (κ3) is 5.97. The molecule has 4 rings (SSSR count). The Balaban J connectivity index is 1.39. The minimum Gasteiger partial charge on any atom is -0.504 e. The lowest BCUT2D eigenvalue weighted by Gasteiger charge is -2.09. The molecule has 4 aromatic rings. The van der Waals surface area contributed by atoms with Crippen LogP contribution in [0.5, 0.6) is 11.5 Å². The molecular weight excluding hydrogens is 472 g/mol. The van der Waals surface area contributed by atoms with Crippen molar-refractivity contribution in [1.29, 1.82) is 0 Å². The van der Waals surface area contributed by atoms with Gasteiger partial charge < -0.3 is 15.2 Å². The summed E-state index contributed by atoms with van der Waals surface area (Å²) in [5.41, 5.74) is 8.26. The fraction of sp³-hybridized carbons (Fsp3) is 0.107. The summed E-state index contributed by atoms with van der Waals surface area (Å²) in [7, 11) is 1.48. The minimum atomic E-state index is -0.338. The highest BCUT2D eigenvalue weighted by Gasteiger charge is 2.10. The van der Waals surface area contributed by atoms with Crippen molar-refractivity contribution >= 4 is 34.3 Å². The second-order valence-corrected chi connectivity index (χ2v) is 8.89. The molecule has 0 fully saturated rings. The van der Waals surface area contributed by atoms with Crippen LogP contribution in [0.3, 0.4) is 0 Å². The van der Waals surface area contributed by atoms with E-state index < -0.39 is 0 Å². The molecule has 3 aromatic carbocycles. The van der Waals surface area contributed by atoms with E-state index in [9.17, 15) is 9.90 Å². The largest absolute Gasteiger partial charge is 0.504 e. The number of phenols is 1. The van der Waals surface area contributed by atoms with Gasteiger partial charge in [0.1, 0.15) is 0 Å². The molecule has 3 N–H and O–H groups in total. The molecule has 0 spiro atoms. The molecule has 0 atom stereocenters. The number of thiazole rings is 1. The van der Waals surface area contributed by atoms with Crippen molar-refractivity contribution in [2.75, 3.05) is 12.4 Å². The van der Waals surface area contributed by atoms with Gasteiger partial charge in [0.25, 0.3) is 5.91 Å². The number of amides is 1. The number of hydrazone groups is 1. The first-order valence-electron chi connectivity index (χ1n) is 11.2. The zero-order valence-electron chi connectivity index (χ0n) is 20.0. The fourth-order valence-electron chi connectivity index (χ4n) is 3.48. The van der Waals surface area contributed by atoms with E-state index in [4.69, 9.17) is 4.74 Å². The Morgan fingerprint density at radius 1 is 1.17 bits per heavy atom. The zero-order valence-corrected chi connectivity index (χ0v) is 20.8. The number of rotatable bonds is 9. The van der Waals surface area contributed by atoms with Gasteiger partial charge in [-0.25, -0.2) is 10.4 Å². The number of carbonyl (C=O) groups excluding carboxylic acids is 1. The van der Waals surface area contributed by atoms with E-state index in [1.807, 2.05) is 41.8 Å². The van der Waals surface area contributed by atoms with Crippen molar-refractivity contribution in [3.05, 3.63) is 101 Å². The van der Waals surface area contributed by atoms with Gasteiger partial charge in [0.2, 0.25) is 0 Å². The zero-order chi connectivity index (χ0) is 25.5. The van der Waals surface area contributed by atoms with Crippen LogP contribution in [0, 0.1) is 6.92 Å². The van der Waals surface area contributed by atoms with Gasteiger partial charge in [-0.1, -0.05) is 35.9 Å². The number of aromatic nitrogens is 1. The standard InChI is InChI=1S/C28H26N4O3S/c1-4-5-22-14-19(15-25(35-3)26(22)33)16-29-32-27(34)21-10-8-20(9-11-21)24-17-36-28(31-24)30-23-12-6-18(2)7-13-23/h4,6-17,33H,1,5H2,2-3H3,(H,30,31)(H,32,34)/b29-16-. The molecule has 36 heavy (non-hydrogen) atoms. The van der Waals surface area contributed by atoms with Crippen LogP contribution in [-0.2, 0) is 6.42 Å². The van der Waals surface area contributed by atoms with Crippen LogP contribution >= 0.6 is 11.3 Å². The average molecular weight is 499 g/mol. The molecule has 1 amide bonds. The molecule has 0 aliphatic rings. The Hall–Kier alpha value is -4.43. The fourth-order valence-corrected chi connectivity index (χ4v) is 4.22. The number of nitrogens with zero attached hydrogens (tertiary/aromatic N) is 2. The van der Waals surface area contributed by atoms with Crippen LogP contribution in [-0.4, -0.2) is 29.3 Å². The molecule has 7 nitrogen and oxygen atoms in total. The molecule has 0 aliphatic carbocycles. The highest BCUT2D eigenvalue weighted by atomic mass is 32.1. The summed E-state index contributed by atoms with van der Waals surface area (Å²) in [6.45, 7) is 5.75. The number of benzene rings is 3. The number of hydrogen-bond donors (Lipinski definition) is 3. The predicted octanol–water partition coefficient (Wildman–Crippen LogP) is 6.07. The molecule has 0 unspecified atom stereocenters. The number of aromatic hydroxyl groups is 1. The van der Waals surface area contributed by atoms with Gasteiger partial charge in [0, 0.05) is 27.8 Å². The van der Waals surface area contributed by atoms with Gasteiger partial charge in [-0.3, -0.25) is 4.79 Å². The average Bonchev–Trinajstić information content (AvgIpc) is 3.36.